The largest absolute Gasteiger partial charge is 0.373 e. The molecule has 0 amide bonds. The fourth-order valence-corrected chi connectivity index (χ4v) is 10.3. The third-order valence-corrected chi connectivity index (χ3v) is 13.8. The molecule has 0 fully saturated rings. The molecule has 0 saturated carbocycles. The smallest absolute Gasteiger partial charge is 0.145 e. The maximum absolute atomic E-state index is 5.47. The van der Waals surface area contributed by atoms with Crippen molar-refractivity contribution in [2.75, 3.05) is 0 Å². The van der Waals surface area contributed by atoms with Crippen molar-refractivity contribution in [1.29, 1.82) is 0 Å². The highest BCUT2D eigenvalue weighted by Gasteiger charge is 2.33. The molecule has 10 aromatic rings. The highest BCUT2D eigenvalue weighted by Crippen LogP contribution is 2.50. The molecule has 12 rings (SSSR count). The molecule has 3 heteroatoms. The van der Waals surface area contributed by atoms with Crippen molar-refractivity contribution in [3.05, 3.63) is 330 Å². The molecule has 2 heterocycles. The van der Waals surface area contributed by atoms with Gasteiger partial charge < -0.3 is 10.6 Å². The van der Waals surface area contributed by atoms with E-state index in [4.69, 9.17) is 4.99 Å². The lowest BCUT2D eigenvalue weighted by molar-refractivity contribution is 0.664. The number of rotatable bonds is 11. The van der Waals surface area contributed by atoms with Crippen LogP contribution in [0, 0.1) is 0 Å². The van der Waals surface area contributed by atoms with Crippen LogP contribution in [0.15, 0.2) is 290 Å². The first kappa shape index (κ1) is 43.9. The van der Waals surface area contributed by atoms with Crippen molar-refractivity contribution < 1.29 is 0 Å². The van der Waals surface area contributed by atoms with Crippen LogP contribution < -0.4 is 10.6 Å². The van der Waals surface area contributed by atoms with Crippen LogP contribution in [0.1, 0.15) is 56.7 Å². The first-order valence-electron chi connectivity index (χ1n) is 24.8. The Morgan fingerprint density at radius 2 is 0.681 bits per heavy atom. The molecule has 0 bridgehead atoms. The van der Waals surface area contributed by atoms with E-state index in [1.54, 1.807) is 0 Å². The van der Waals surface area contributed by atoms with Gasteiger partial charge in [-0.15, -0.1) is 0 Å². The minimum Gasteiger partial charge on any atom is -0.373 e. The van der Waals surface area contributed by atoms with Gasteiger partial charge in [-0.2, -0.15) is 0 Å². The summed E-state index contributed by atoms with van der Waals surface area (Å²) in [6, 6.07) is 100.0. The van der Waals surface area contributed by atoms with Crippen LogP contribution in [0.3, 0.4) is 0 Å². The summed E-state index contributed by atoms with van der Waals surface area (Å²) < 4.78 is 0. The van der Waals surface area contributed by atoms with E-state index >= 15 is 0 Å². The third-order valence-electron chi connectivity index (χ3n) is 13.8. The predicted molar refractivity (Wildman–Crippen MR) is 301 cm³/mol. The molecular weight excluding hydrogens is 871 g/mol. The van der Waals surface area contributed by atoms with Gasteiger partial charge in [-0.1, -0.05) is 261 Å². The monoisotopic (exact) mass is 921 g/mol. The minimum absolute atomic E-state index is 0.114. The summed E-state index contributed by atoms with van der Waals surface area (Å²) in [6.45, 7) is 0. The predicted octanol–water partition coefficient (Wildman–Crippen LogP) is 16.6. The maximum Gasteiger partial charge on any atom is 0.145 e. The van der Waals surface area contributed by atoms with Gasteiger partial charge in [0.2, 0.25) is 0 Å². The van der Waals surface area contributed by atoms with Crippen LogP contribution in [-0.2, 0) is 0 Å². The van der Waals surface area contributed by atoms with Crippen LogP contribution in [0.4, 0.5) is 0 Å². The Hall–Kier alpha value is -9.31. The Bertz CT molecular complexity index is 3630. The van der Waals surface area contributed by atoms with E-state index < -0.39 is 0 Å². The van der Waals surface area contributed by atoms with E-state index in [0.717, 1.165) is 67.2 Å². The second-order valence-electron chi connectivity index (χ2n) is 18.3. The number of hydrogen-bond acceptors (Lipinski definition) is 3. The molecule has 0 aliphatic carbocycles. The number of aliphatic imine (C=N–C) groups is 1. The molecule has 0 aromatic heterocycles. The summed E-state index contributed by atoms with van der Waals surface area (Å²) in [6.07, 6.45) is 1.87. The summed E-state index contributed by atoms with van der Waals surface area (Å²) >= 11 is 0. The Kier molecular flexibility index (Phi) is 12.2. The van der Waals surface area contributed by atoms with Crippen LogP contribution >= 0.6 is 0 Å². The normalized spacial score (nSPS) is 15.5. The van der Waals surface area contributed by atoms with Crippen LogP contribution in [0.5, 0.6) is 0 Å². The van der Waals surface area contributed by atoms with Gasteiger partial charge in [-0.3, -0.25) is 4.99 Å². The molecule has 72 heavy (non-hydrogen) atoms. The Balaban J connectivity index is 0.962. The van der Waals surface area contributed by atoms with Gasteiger partial charge in [0.1, 0.15) is 6.17 Å². The number of nitrogens with one attached hydrogen (secondary N) is 2. The molecule has 2 atom stereocenters. The fourth-order valence-electron chi connectivity index (χ4n) is 10.3. The van der Waals surface area contributed by atoms with Crippen molar-refractivity contribution in [1.82, 2.24) is 10.6 Å². The molecule has 2 aliphatic heterocycles. The molecular formula is C69H51N3. The zero-order valence-corrected chi connectivity index (χ0v) is 39.7. The van der Waals surface area contributed by atoms with Crippen LogP contribution in [0.25, 0.3) is 61.5 Å². The van der Waals surface area contributed by atoms with Crippen LogP contribution in [-0.4, -0.2) is 5.71 Å². The highest BCUT2D eigenvalue weighted by molar-refractivity contribution is 6.24. The van der Waals surface area contributed by atoms with E-state index in [-0.39, 0.29) is 12.2 Å². The van der Waals surface area contributed by atoms with E-state index in [0.29, 0.717) is 0 Å². The van der Waals surface area contributed by atoms with E-state index in [9.17, 15) is 0 Å². The van der Waals surface area contributed by atoms with Crippen molar-refractivity contribution in [3.8, 4) is 33.4 Å². The number of hydrogen-bond donors (Lipinski definition) is 2. The molecule has 2 unspecified atom stereocenters. The number of dihydropyridines is 1. The summed E-state index contributed by atoms with van der Waals surface area (Å²) in [5.41, 5.74) is 22.7. The Labute approximate surface area is 422 Å². The van der Waals surface area contributed by atoms with Crippen molar-refractivity contribution in [2.24, 2.45) is 4.99 Å². The zero-order chi connectivity index (χ0) is 48.1. The SMILES string of the molecule is C1=C(c2cccc(-c3ccccc3)c2)NC(c2cccc(-c3ccc(C4=C(c5ccccc5)C(c5ccccc5)NC(c5ccccc5)=C4c4ccccc4)cc3)c2)N=C1c1cccc(-c2ccccc2)c1. The number of nitrogens with zero attached hydrogens (tertiary/aromatic N) is 1. The first-order valence-corrected chi connectivity index (χ1v) is 24.8. The highest BCUT2D eigenvalue weighted by atomic mass is 15.1. The second-order valence-corrected chi connectivity index (χ2v) is 18.3. The van der Waals surface area contributed by atoms with E-state index in [2.05, 4.69) is 296 Å². The second kappa shape index (κ2) is 20.0. The lowest BCUT2D eigenvalue weighted by Gasteiger charge is -2.36. The lowest BCUT2D eigenvalue weighted by atomic mass is 9.77. The van der Waals surface area contributed by atoms with Gasteiger partial charge >= 0.3 is 0 Å². The van der Waals surface area contributed by atoms with Gasteiger partial charge in [-0.25, -0.2) is 0 Å². The fraction of sp³-hybridized carbons (Fsp3) is 0.0290. The maximum atomic E-state index is 5.47. The van der Waals surface area contributed by atoms with Gasteiger partial charge in [0, 0.05) is 16.8 Å². The molecule has 0 radical (unpaired) electrons. The molecule has 342 valence electrons. The van der Waals surface area contributed by atoms with Gasteiger partial charge in [0.25, 0.3) is 0 Å². The average Bonchev–Trinajstić information content (AvgIpc) is 3.48. The average molecular weight is 922 g/mol. The van der Waals surface area contributed by atoms with Crippen LogP contribution in [0.2, 0.25) is 0 Å². The van der Waals surface area contributed by atoms with Gasteiger partial charge in [-0.05, 0) is 108 Å². The van der Waals surface area contributed by atoms with Gasteiger partial charge in [0.05, 0.1) is 17.5 Å². The summed E-state index contributed by atoms with van der Waals surface area (Å²) in [4.78, 5) is 5.47. The quantitative estimate of drug-likeness (QED) is 0.136. The topological polar surface area (TPSA) is 36.4 Å². The Morgan fingerprint density at radius 1 is 0.278 bits per heavy atom. The summed E-state index contributed by atoms with van der Waals surface area (Å²) in [7, 11) is 0. The molecule has 0 spiro atoms. The lowest BCUT2D eigenvalue weighted by Crippen LogP contribution is -2.27. The Morgan fingerprint density at radius 3 is 1.28 bits per heavy atom. The third kappa shape index (κ3) is 9.04. The molecule has 0 saturated heterocycles. The van der Waals surface area contributed by atoms with Crippen molar-refractivity contribution in [3.63, 3.8) is 0 Å². The molecule has 3 nitrogen and oxygen atoms in total. The minimum atomic E-state index is -0.335. The van der Waals surface area contributed by atoms with E-state index in [1.165, 1.54) is 44.5 Å². The number of allylic oxidation sites excluding steroid dienone is 3. The molecule has 2 N–H and O–H groups in total. The zero-order valence-electron chi connectivity index (χ0n) is 39.7. The molecule has 2 aliphatic rings. The van der Waals surface area contributed by atoms with E-state index in [1.807, 2.05) is 0 Å². The number of benzene rings is 10. The van der Waals surface area contributed by atoms with Crippen molar-refractivity contribution >= 4 is 33.8 Å². The standard InChI is InChI=1S/C69H51N3/c1-7-22-48(23-8-1)56-34-19-37-59(44-56)62-47-63(60-38-20-35-57(45-60)49-24-9-2-10-25-49)71-69(70-62)61-39-21-36-58(46-61)50-40-42-53(43-41-50)64-65(51-26-11-3-12-27-51)67(54-30-15-5-16-31-54)72-68(55-32-17-6-18-33-55)66(64)52-28-13-4-14-29-52/h1-47,67,69-70,72H. The van der Waals surface area contributed by atoms with Gasteiger partial charge in [0.15, 0.2) is 0 Å². The van der Waals surface area contributed by atoms with Crippen molar-refractivity contribution in [2.45, 2.75) is 12.2 Å². The molecule has 10 aromatic carbocycles. The summed E-state index contributed by atoms with van der Waals surface area (Å²) in [5, 5.41) is 7.98. The first-order chi connectivity index (χ1) is 35.7. The summed E-state index contributed by atoms with van der Waals surface area (Å²) in [5.74, 6) is 0.